The van der Waals surface area contributed by atoms with Gasteiger partial charge in [0.05, 0.1) is 12.9 Å². The van der Waals surface area contributed by atoms with E-state index in [1.807, 2.05) is 0 Å². The van der Waals surface area contributed by atoms with Crippen molar-refractivity contribution < 1.29 is 19.7 Å². The molecule has 160 valence electrons. The number of aliphatic hydroxyl groups excluding tert-OH is 2. The van der Waals surface area contributed by atoms with Crippen molar-refractivity contribution in [1.29, 1.82) is 0 Å². The van der Waals surface area contributed by atoms with Crippen LogP contribution < -0.4 is 16.2 Å². The van der Waals surface area contributed by atoms with Gasteiger partial charge in [0.2, 0.25) is 5.95 Å². The molecule has 0 unspecified atom stereocenters. The smallest absolute Gasteiger partial charge is 0.320 e. The lowest BCUT2D eigenvalue weighted by Crippen LogP contribution is -2.33. The minimum atomic E-state index is -1.22. The first-order chi connectivity index (χ1) is 14.5. The molecule has 1 saturated carbocycles. The van der Waals surface area contributed by atoms with Crippen LogP contribution in [-0.4, -0.2) is 68.9 Å². The highest BCUT2D eigenvalue weighted by Crippen LogP contribution is 2.33. The second kappa shape index (κ2) is 7.34. The van der Waals surface area contributed by atoms with Crippen LogP contribution in [0.25, 0.3) is 11.2 Å². The fraction of sp³-hybridized carbons (Fsp3) is 0.588. The van der Waals surface area contributed by atoms with Crippen molar-refractivity contribution in [3.8, 4) is 6.01 Å². The molecule has 1 aliphatic carbocycles. The van der Waals surface area contributed by atoms with E-state index < -0.39 is 24.5 Å². The van der Waals surface area contributed by atoms with E-state index in [0.717, 1.165) is 25.7 Å². The Balaban J connectivity index is 1.42. The number of aliphatic hydroxyl groups is 2. The Morgan fingerprint density at radius 3 is 2.63 bits per heavy atom. The summed E-state index contributed by atoms with van der Waals surface area (Å²) in [4.78, 5) is 16.7. The number of hydrogen-bond acceptors (Lipinski definition) is 11. The van der Waals surface area contributed by atoms with Crippen molar-refractivity contribution in [3.05, 3.63) is 12.7 Å². The lowest BCUT2D eigenvalue weighted by molar-refractivity contribution is -0.0403. The molecule has 3 aromatic heterocycles. The Labute approximate surface area is 170 Å². The Morgan fingerprint density at radius 1 is 1.10 bits per heavy atom. The van der Waals surface area contributed by atoms with Gasteiger partial charge in [0.15, 0.2) is 23.2 Å². The number of hydrogen-bond donors (Lipinski definition) is 4. The molecule has 3 aromatic rings. The Kier molecular flexibility index (Phi) is 4.64. The van der Waals surface area contributed by atoms with Crippen LogP contribution in [0.15, 0.2) is 12.7 Å². The number of nitrogens with zero attached hydrogens (tertiary/aromatic N) is 7. The van der Waals surface area contributed by atoms with E-state index >= 15 is 0 Å². The highest BCUT2D eigenvalue weighted by molar-refractivity contribution is 5.82. The molecule has 4 atom stereocenters. The third-order valence-electron chi connectivity index (χ3n) is 5.53. The molecule has 4 heterocycles. The lowest BCUT2D eigenvalue weighted by Gasteiger charge is -2.17. The first-order valence-corrected chi connectivity index (χ1v) is 9.83. The van der Waals surface area contributed by atoms with Crippen molar-refractivity contribution >= 4 is 22.9 Å². The predicted molar refractivity (Wildman–Crippen MR) is 103 cm³/mol. The molecule has 0 aromatic carbocycles. The van der Waals surface area contributed by atoms with Crippen LogP contribution in [0.2, 0.25) is 0 Å². The summed E-state index contributed by atoms with van der Waals surface area (Å²) >= 11 is 0. The van der Waals surface area contributed by atoms with Crippen LogP contribution >= 0.6 is 0 Å². The second-order valence-electron chi connectivity index (χ2n) is 7.61. The number of aromatic nitrogens is 7. The van der Waals surface area contributed by atoms with Gasteiger partial charge in [-0.15, -0.1) is 5.10 Å². The standard InChI is InChI=1S/C17H23N9O4/c18-13-10-14(23-17(22-13)29-8-3-1-2-4-8)26(7-20-10)15-12(28)11(27)9(30-15)5-25-6-21-16(19)24-25/h6-9,11-12,15,27-28H,1-5H2,(H2,19,24)(H2,18,22,23)/t9-,11-,12-,15-/m1/s1. The van der Waals surface area contributed by atoms with Crippen LogP contribution in [-0.2, 0) is 11.3 Å². The number of imidazole rings is 1. The number of anilines is 2. The van der Waals surface area contributed by atoms with E-state index in [-0.39, 0.29) is 30.4 Å². The molecule has 1 aliphatic heterocycles. The first-order valence-electron chi connectivity index (χ1n) is 9.83. The van der Waals surface area contributed by atoms with Crippen LogP contribution in [0.3, 0.4) is 0 Å². The SMILES string of the molecule is Nc1ncn(C[C@H]2O[C@@H](n3cnc4c(N)nc(OC5CCCC5)nc43)[C@H](O)[C@@H]2O)n1. The van der Waals surface area contributed by atoms with Gasteiger partial charge in [-0.2, -0.15) is 9.97 Å². The molecule has 0 bridgehead atoms. The third-order valence-corrected chi connectivity index (χ3v) is 5.53. The van der Waals surface area contributed by atoms with E-state index in [0.29, 0.717) is 11.2 Å². The molecular weight excluding hydrogens is 394 g/mol. The van der Waals surface area contributed by atoms with E-state index in [2.05, 4.69) is 25.0 Å². The number of ether oxygens (including phenoxy) is 2. The number of fused-ring (bicyclic) bond motifs is 1. The quantitative estimate of drug-likeness (QED) is 0.408. The van der Waals surface area contributed by atoms with Crippen LogP contribution in [0.5, 0.6) is 6.01 Å². The van der Waals surface area contributed by atoms with Crippen LogP contribution in [0.1, 0.15) is 31.9 Å². The summed E-state index contributed by atoms with van der Waals surface area (Å²) in [5, 5.41) is 25.1. The van der Waals surface area contributed by atoms with Gasteiger partial charge in [0, 0.05) is 0 Å². The van der Waals surface area contributed by atoms with Gasteiger partial charge >= 0.3 is 6.01 Å². The minimum absolute atomic E-state index is 0.0628. The van der Waals surface area contributed by atoms with E-state index in [1.54, 1.807) is 0 Å². The molecule has 5 rings (SSSR count). The van der Waals surface area contributed by atoms with Crippen molar-refractivity contribution in [3.63, 3.8) is 0 Å². The fourth-order valence-electron chi connectivity index (χ4n) is 4.00. The minimum Gasteiger partial charge on any atom is -0.460 e. The summed E-state index contributed by atoms with van der Waals surface area (Å²) in [6.07, 6.45) is 3.02. The summed E-state index contributed by atoms with van der Waals surface area (Å²) < 4.78 is 14.8. The maximum absolute atomic E-state index is 10.6. The summed E-state index contributed by atoms with van der Waals surface area (Å²) in [5.74, 6) is 0.288. The summed E-state index contributed by atoms with van der Waals surface area (Å²) in [5.41, 5.74) is 12.3. The molecule has 0 spiro atoms. The molecule has 2 aliphatic rings. The highest BCUT2D eigenvalue weighted by Gasteiger charge is 2.44. The maximum atomic E-state index is 10.6. The van der Waals surface area contributed by atoms with Crippen molar-refractivity contribution in [2.24, 2.45) is 0 Å². The van der Waals surface area contributed by atoms with Crippen molar-refractivity contribution in [1.82, 2.24) is 34.3 Å². The zero-order valence-corrected chi connectivity index (χ0v) is 16.1. The largest absolute Gasteiger partial charge is 0.460 e. The summed E-state index contributed by atoms with van der Waals surface area (Å²) in [6.45, 7) is 0.165. The van der Waals surface area contributed by atoms with Gasteiger partial charge in [-0.1, -0.05) is 0 Å². The van der Waals surface area contributed by atoms with E-state index in [4.69, 9.17) is 20.9 Å². The van der Waals surface area contributed by atoms with Crippen molar-refractivity contribution in [2.75, 3.05) is 11.5 Å². The molecule has 13 heteroatoms. The molecule has 1 saturated heterocycles. The maximum Gasteiger partial charge on any atom is 0.320 e. The van der Waals surface area contributed by atoms with Gasteiger partial charge < -0.3 is 31.2 Å². The Bertz CT molecular complexity index is 1050. The average Bonchev–Trinajstić information content (AvgIpc) is 3.49. The van der Waals surface area contributed by atoms with Gasteiger partial charge in [0.1, 0.15) is 30.7 Å². The number of rotatable bonds is 5. The molecular formula is C17H23N9O4. The van der Waals surface area contributed by atoms with Crippen LogP contribution in [0.4, 0.5) is 11.8 Å². The highest BCUT2D eigenvalue weighted by atomic mass is 16.6. The molecule has 30 heavy (non-hydrogen) atoms. The Hall–Kier alpha value is -3.03. The third kappa shape index (κ3) is 3.30. The molecule has 0 radical (unpaired) electrons. The van der Waals surface area contributed by atoms with Crippen molar-refractivity contribution in [2.45, 2.75) is 62.9 Å². The lowest BCUT2D eigenvalue weighted by atomic mass is 10.1. The average molecular weight is 417 g/mol. The summed E-state index contributed by atoms with van der Waals surface area (Å²) in [7, 11) is 0. The zero-order valence-electron chi connectivity index (χ0n) is 16.1. The van der Waals surface area contributed by atoms with Gasteiger partial charge in [0.25, 0.3) is 0 Å². The number of nitrogen functional groups attached to an aromatic ring is 2. The molecule has 13 nitrogen and oxygen atoms in total. The monoisotopic (exact) mass is 417 g/mol. The molecule has 0 amide bonds. The first kappa shape index (κ1) is 19.0. The normalized spacial score (nSPS) is 27.3. The second-order valence-corrected chi connectivity index (χ2v) is 7.61. The van der Waals surface area contributed by atoms with Gasteiger partial charge in [-0.25, -0.2) is 14.6 Å². The fourth-order valence-corrected chi connectivity index (χ4v) is 4.00. The Morgan fingerprint density at radius 2 is 1.90 bits per heavy atom. The van der Waals surface area contributed by atoms with Crippen LogP contribution in [0, 0.1) is 0 Å². The summed E-state index contributed by atoms with van der Waals surface area (Å²) in [6, 6.07) is 0.163. The van der Waals surface area contributed by atoms with Gasteiger partial charge in [-0.05, 0) is 25.7 Å². The van der Waals surface area contributed by atoms with E-state index in [9.17, 15) is 10.2 Å². The topological polar surface area (TPSA) is 185 Å². The molecule has 6 N–H and O–H groups in total. The molecule has 2 fully saturated rings. The predicted octanol–water partition coefficient (Wildman–Crippen LogP) is -0.777. The van der Waals surface area contributed by atoms with Gasteiger partial charge in [-0.3, -0.25) is 4.57 Å². The zero-order chi connectivity index (χ0) is 20.8. The number of nitrogens with two attached hydrogens (primary N) is 2. The van der Waals surface area contributed by atoms with E-state index in [1.165, 1.54) is 21.9 Å².